The third-order valence-electron chi connectivity index (χ3n) is 3.36. The Morgan fingerprint density at radius 2 is 1.88 bits per heavy atom. The SMILES string of the molecule is O=C(O)C1(Nc2ccccc2F)CCCCC1. The standard InChI is InChI=1S/C13H16FNO2/c14-10-6-2-3-7-11(10)15-13(12(16)17)8-4-1-5-9-13/h2-3,6-7,15H,1,4-5,8-9H2,(H,16,17). The van der Waals surface area contributed by atoms with Gasteiger partial charge in [0.25, 0.3) is 0 Å². The van der Waals surface area contributed by atoms with Gasteiger partial charge in [-0.15, -0.1) is 0 Å². The summed E-state index contributed by atoms with van der Waals surface area (Å²) in [4.78, 5) is 11.4. The predicted molar refractivity (Wildman–Crippen MR) is 63.5 cm³/mol. The maximum absolute atomic E-state index is 13.5. The van der Waals surface area contributed by atoms with Crippen LogP contribution in [0.3, 0.4) is 0 Å². The van der Waals surface area contributed by atoms with E-state index in [0.717, 1.165) is 19.3 Å². The normalized spacial score (nSPS) is 18.6. The van der Waals surface area contributed by atoms with E-state index in [1.54, 1.807) is 18.2 Å². The van der Waals surface area contributed by atoms with Gasteiger partial charge in [0, 0.05) is 0 Å². The first-order valence-corrected chi connectivity index (χ1v) is 5.90. The Hall–Kier alpha value is -1.58. The second-order valence-electron chi connectivity index (χ2n) is 4.55. The quantitative estimate of drug-likeness (QED) is 0.849. The first-order valence-electron chi connectivity index (χ1n) is 5.90. The zero-order valence-electron chi connectivity index (χ0n) is 9.58. The Morgan fingerprint density at radius 3 is 2.47 bits per heavy atom. The van der Waals surface area contributed by atoms with Crippen molar-refractivity contribution < 1.29 is 14.3 Å². The van der Waals surface area contributed by atoms with E-state index in [2.05, 4.69) is 5.32 Å². The molecule has 1 fully saturated rings. The van der Waals surface area contributed by atoms with Crippen LogP contribution in [0.15, 0.2) is 24.3 Å². The van der Waals surface area contributed by atoms with Gasteiger partial charge < -0.3 is 10.4 Å². The first kappa shape index (κ1) is 11.9. The number of carboxylic acids is 1. The Bertz CT molecular complexity index is 414. The van der Waals surface area contributed by atoms with Crippen molar-refractivity contribution in [2.45, 2.75) is 37.6 Å². The zero-order valence-corrected chi connectivity index (χ0v) is 9.58. The minimum Gasteiger partial charge on any atom is -0.480 e. The summed E-state index contributed by atoms with van der Waals surface area (Å²) >= 11 is 0. The first-order chi connectivity index (χ1) is 8.14. The zero-order chi connectivity index (χ0) is 12.3. The molecule has 0 spiro atoms. The fourth-order valence-electron chi connectivity index (χ4n) is 2.37. The summed E-state index contributed by atoms with van der Waals surface area (Å²) in [6.07, 6.45) is 3.89. The third kappa shape index (κ3) is 2.40. The molecule has 0 radical (unpaired) electrons. The number of benzene rings is 1. The van der Waals surface area contributed by atoms with Crippen molar-refractivity contribution in [3.8, 4) is 0 Å². The fourth-order valence-corrected chi connectivity index (χ4v) is 2.37. The van der Waals surface area contributed by atoms with E-state index in [9.17, 15) is 14.3 Å². The maximum atomic E-state index is 13.5. The summed E-state index contributed by atoms with van der Waals surface area (Å²) in [5, 5.41) is 12.2. The van der Waals surface area contributed by atoms with Gasteiger partial charge in [-0.3, -0.25) is 0 Å². The van der Waals surface area contributed by atoms with E-state index in [0.29, 0.717) is 12.8 Å². The molecule has 17 heavy (non-hydrogen) atoms. The summed E-state index contributed by atoms with van der Waals surface area (Å²) in [6.45, 7) is 0. The van der Waals surface area contributed by atoms with Crippen molar-refractivity contribution in [3.05, 3.63) is 30.1 Å². The van der Waals surface area contributed by atoms with Gasteiger partial charge in [0.1, 0.15) is 11.4 Å². The van der Waals surface area contributed by atoms with Gasteiger partial charge in [-0.1, -0.05) is 31.4 Å². The molecule has 0 saturated heterocycles. The number of hydrogen-bond donors (Lipinski definition) is 2. The number of para-hydroxylation sites is 1. The van der Waals surface area contributed by atoms with Gasteiger partial charge in [-0.2, -0.15) is 0 Å². The highest BCUT2D eigenvalue weighted by Crippen LogP contribution is 2.32. The molecule has 92 valence electrons. The van der Waals surface area contributed by atoms with E-state index in [1.165, 1.54) is 6.07 Å². The Kier molecular flexibility index (Phi) is 3.31. The van der Waals surface area contributed by atoms with Crippen molar-refractivity contribution in [2.24, 2.45) is 0 Å². The number of aliphatic carboxylic acids is 1. The van der Waals surface area contributed by atoms with Crippen LogP contribution in [0.5, 0.6) is 0 Å². The minimum atomic E-state index is -1.000. The largest absolute Gasteiger partial charge is 0.480 e. The highest BCUT2D eigenvalue weighted by atomic mass is 19.1. The number of anilines is 1. The highest BCUT2D eigenvalue weighted by Gasteiger charge is 2.39. The van der Waals surface area contributed by atoms with Crippen molar-refractivity contribution in [1.29, 1.82) is 0 Å². The molecule has 2 rings (SSSR count). The number of carbonyl (C=O) groups is 1. The van der Waals surface area contributed by atoms with E-state index in [1.807, 2.05) is 0 Å². The Morgan fingerprint density at radius 1 is 1.24 bits per heavy atom. The van der Waals surface area contributed by atoms with E-state index in [4.69, 9.17) is 0 Å². The summed E-state index contributed by atoms with van der Waals surface area (Å²) in [5.41, 5.74) is -0.725. The second-order valence-corrected chi connectivity index (χ2v) is 4.55. The molecule has 2 N–H and O–H groups in total. The number of rotatable bonds is 3. The molecule has 0 amide bonds. The maximum Gasteiger partial charge on any atom is 0.329 e. The molecule has 0 bridgehead atoms. The average molecular weight is 237 g/mol. The molecule has 0 aliphatic heterocycles. The number of halogens is 1. The molecule has 3 nitrogen and oxygen atoms in total. The molecule has 1 aromatic carbocycles. The van der Waals surface area contributed by atoms with Gasteiger partial charge in [-0.25, -0.2) is 9.18 Å². The van der Waals surface area contributed by atoms with E-state index in [-0.39, 0.29) is 5.69 Å². The van der Waals surface area contributed by atoms with Crippen LogP contribution in [0, 0.1) is 5.82 Å². The van der Waals surface area contributed by atoms with Gasteiger partial charge >= 0.3 is 5.97 Å². The monoisotopic (exact) mass is 237 g/mol. The molecule has 0 heterocycles. The molecule has 1 aromatic rings. The van der Waals surface area contributed by atoms with Crippen LogP contribution in [0.4, 0.5) is 10.1 Å². The summed E-state index contributed by atoms with van der Waals surface area (Å²) < 4.78 is 13.5. The third-order valence-corrected chi connectivity index (χ3v) is 3.36. The van der Waals surface area contributed by atoms with Crippen molar-refractivity contribution in [3.63, 3.8) is 0 Å². The summed E-state index contributed by atoms with van der Waals surface area (Å²) in [6, 6.07) is 6.20. The second kappa shape index (κ2) is 4.73. The van der Waals surface area contributed by atoms with Crippen LogP contribution in [0.1, 0.15) is 32.1 Å². The summed E-state index contributed by atoms with van der Waals surface area (Å²) in [7, 11) is 0. The Balaban J connectivity index is 2.24. The number of nitrogens with one attached hydrogen (secondary N) is 1. The van der Waals surface area contributed by atoms with Crippen LogP contribution >= 0.6 is 0 Å². The lowest BCUT2D eigenvalue weighted by Gasteiger charge is -2.35. The minimum absolute atomic E-state index is 0.275. The van der Waals surface area contributed by atoms with Crippen molar-refractivity contribution in [2.75, 3.05) is 5.32 Å². The molecule has 0 atom stereocenters. The number of hydrogen-bond acceptors (Lipinski definition) is 2. The molecule has 4 heteroatoms. The summed E-state index contributed by atoms with van der Waals surface area (Å²) in [5.74, 6) is -1.29. The lowest BCUT2D eigenvalue weighted by atomic mass is 9.81. The van der Waals surface area contributed by atoms with Crippen LogP contribution in [0.2, 0.25) is 0 Å². The molecule has 1 saturated carbocycles. The molecular formula is C13H16FNO2. The van der Waals surface area contributed by atoms with Crippen LogP contribution in [-0.2, 0) is 4.79 Å². The average Bonchev–Trinajstić information content (AvgIpc) is 2.33. The Labute approximate surface area is 99.7 Å². The predicted octanol–water partition coefficient (Wildman–Crippen LogP) is 3.03. The van der Waals surface area contributed by atoms with Crippen LogP contribution in [-0.4, -0.2) is 16.6 Å². The molecule has 0 unspecified atom stereocenters. The molecule has 1 aliphatic carbocycles. The highest BCUT2D eigenvalue weighted by molar-refractivity contribution is 5.83. The fraction of sp³-hybridized carbons (Fsp3) is 0.462. The topological polar surface area (TPSA) is 49.3 Å². The molecule has 0 aromatic heterocycles. The van der Waals surface area contributed by atoms with Crippen molar-refractivity contribution in [1.82, 2.24) is 0 Å². The molecular weight excluding hydrogens is 221 g/mol. The lowest BCUT2D eigenvalue weighted by molar-refractivity contribution is -0.143. The van der Waals surface area contributed by atoms with Gasteiger partial charge in [0.05, 0.1) is 5.69 Å². The van der Waals surface area contributed by atoms with Crippen molar-refractivity contribution >= 4 is 11.7 Å². The van der Waals surface area contributed by atoms with E-state index >= 15 is 0 Å². The van der Waals surface area contributed by atoms with Gasteiger partial charge in [-0.05, 0) is 25.0 Å². The van der Waals surface area contributed by atoms with Gasteiger partial charge in [0.15, 0.2) is 0 Å². The smallest absolute Gasteiger partial charge is 0.329 e. The van der Waals surface area contributed by atoms with Crippen LogP contribution < -0.4 is 5.32 Å². The molecule has 1 aliphatic rings. The van der Waals surface area contributed by atoms with Crippen LogP contribution in [0.25, 0.3) is 0 Å². The number of carboxylic acid groups (broad SMARTS) is 1. The lowest BCUT2D eigenvalue weighted by Crippen LogP contribution is -2.48. The van der Waals surface area contributed by atoms with Gasteiger partial charge in [0.2, 0.25) is 0 Å². The van der Waals surface area contributed by atoms with E-state index < -0.39 is 17.3 Å².